The van der Waals surface area contributed by atoms with E-state index in [0.29, 0.717) is 5.33 Å². The van der Waals surface area contributed by atoms with E-state index in [4.69, 9.17) is 10.8 Å². The van der Waals surface area contributed by atoms with Crippen molar-refractivity contribution < 1.29 is 5.11 Å². The number of nitrogens with two attached hydrogens (primary N) is 1. The van der Waals surface area contributed by atoms with Gasteiger partial charge in [-0.2, -0.15) is 0 Å². The standard InChI is InChI=1S/C2H6BrNO/c3-1-2(4)5/h2,5H,1,4H2/t2-/m1/s1. The molecule has 0 fully saturated rings. The molecule has 0 amide bonds. The molecule has 2 nitrogen and oxygen atoms in total. The second-order valence-corrected chi connectivity index (χ2v) is 1.37. The third kappa shape index (κ3) is 4.40. The van der Waals surface area contributed by atoms with Crippen molar-refractivity contribution in [2.24, 2.45) is 5.73 Å². The number of hydrogen-bond acceptors (Lipinski definition) is 2. The van der Waals surface area contributed by atoms with E-state index in [1.165, 1.54) is 0 Å². The average Bonchev–Trinajstić information content (AvgIpc) is 1.38. The molecular formula is C2H6BrNO. The van der Waals surface area contributed by atoms with E-state index in [-0.39, 0.29) is 0 Å². The van der Waals surface area contributed by atoms with Crippen molar-refractivity contribution >= 4 is 15.9 Å². The normalized spacial score (nSPS) is 15.0. The van der Waals surface area contributed by atoms with Crippen LogP contribution in [0.3, 0.4) is 0 Å². The van der Waals surface area contributed by atoms with E-state index >= 15 is 0 Å². The van der Waals surface area contributed by atoms with Gasteiger partial charge >= 0.3 is 0 Å². The molecule has 3 N–H and O–H groups in total. The summed E-state index contributed by atoms with van der Waals surface area (Å²) < 4.78 is 0. The summed E-state index contributed by atoms with van der Waals surface area (Å²) in [7, 11) is 0. The fourth-order valence-corrected chi connectivity index (χ4v) is 0. The third-order valence-electron chi connectivity index (χ3n) is 0.158. The Morgan fingerprint density at radius 3 is 2.20 bits per heavy atom. The summed E-state index contributed by atoms with van der Waals surface area (Å²) in [5.74, 6) is 0. The molecule has 0 rings (SSSR count). The van der Waals surface area contributed by atoms with Crippen molar-refractivity contribution in [3.63, 3.8) is 0 Å². The monoisotopic (exact) mass is 139 g/mol. The molecule has 0 saturated heterocycles. The van der Waals surface area contributed by atoms with Crippen LogP contribution in [-0.4, -0.2) is 16.7 Å². The summed E-state index contributed by atoms with van der Waals surface area (Å²) in [6.45, 7) is 0. The van der Waals surface area contributed by atoms with Gasteiger partial charge in [-0.05, 0) is 0 Å². The van der Waals surface area contributed by atoms with Crippen LogP contribution in [-0.2, 0) is 0 Å². The summed E-state index contributed by atoms with van der Waals surface area (Å²) >= 11 is 2.94. The molecule has 0 aromatic carbocycles. The summed E-state index contributed by atoms with van der Waals surface area (Å²) in [6, 6.07) is 0. The average molecular weight is 140 g/mol. The van der Waals surface area contributed by atoms with Crippen molar-refractivity contribution in [1.82, 2.24) is 0 Å². The molecule has 0 unspecified atom stereocenters. The van der Waals surface area contributed by atoms with Gasteiger partial charge in [0.15, 0.2) is 0 Å². The Kier molecular flexibility index (Phi) is 2.84. The molecule has 32 valence electrons. The number of alkyl halides is 1. The Hall–Kier alpha value is 0.400. The molecule has 0 radical (unpaired) electrons. The molecule has 3 heteroatoms. The van der Waals surface area contributed by atoms with E-state index in [2.05, 4.69) is 15.9 Å². The molecule has 0 heterocycles. The van der Waals surface area contributed by atoms with Crippen LogP contribution in [0.25, 0.3) is 0 Å². The van der Waals surface area contributed by atoms with Crippen LogP contribution >= 0.6 is 15.9 Å². The van der Waals surface area contributed by atoms with Crippen molar-refractivity contribution in [3.05, 3.63) is 0 Å². The zero-order valence-corrected chi connectivity index (χ0v) is 4.27. The summed E-state index contributed by atoms with van der Waals surface area (Å²) in [4.78, 5) is 0. The highest BCUT2D eigenvalue weighted by Gasteiger charge is 1.83. The fraction of sp³-hybridized carbons (Fsp3) is 1.00. The van der Waals surface area contributed by atoms with Gasteiger partial charge in [0.1, 0.15) is 6.23 Å². The van der Waals surface area contributed by atoms with Gasteiger partial charge in [-0.25, -0.2) is 0 Å². The van der Waals surface area contributed by atoms with Crippen LogP contribution < -0.4 is 5.73 Å². The Morgan fingerprint density at radius 1 is 2.00 bits per heavy atom. The van der Waals surface area contributed by atoms with E-state index in [1.54, 1.807) is 0 Å². The lowest BCUT2D eigenvalue weighted by atomic mass is 10.7. The molecule has 0 aliphatic heterocycles. The van der Waals surface area contributed by atoms with E-state index in [1.807, 2.05) is 0 Å². The maximum Gasteiger partial charge on any atom is 0.112 e. The lowest BCUT2D eigenvalue weighted by molar-refractivity contribution is 0.209. The van der Waals surface area contributed by atoms with Crippen molar-refractivity contribution in [2.45, 2.75) is 6.23 Å². The molecule has 0 aromatic rings. The molecule has 5 heavy (non-hydrogen) atoms. The van der Waals surface area contributed by atoms with Gasteiger partial charge in [0.2, 0.25) is 0 Å². The minimum atomic E-state index is -0.699. The largest absolute Gasteiger partial charge is 0.378 e. The molecular weight excluding hydrogens is 134 g/mol. The van der Waals surface area contributed by atoms with Crippen LogP contribution in [0.15, 0.2) is 0 Å². The maximum atomic E-state index is 8.09. The quantitative estimate of drug-likeness (QED) is 0.386. The smallest absolute Gasteiger partial charge is 0.112 e. The van der Waals surface area contributed by atoms with Crippen LogP contribution in [0.2, 0.25) is 0 Å². The van der Waals surface area contributed by atoms with E-state index < -0.39 is 6.23 Å². The zero-order valence-electron chi connectivity index (χ0n) is 2.69. The minimum Gasteiger partial charge on any atom is -0.378 e. The van der Waals surface area contributed by atoms with Crippen LogP contribution in [0, 0.1) is 0 Å². The highest BCUT2D eigenvalue weighted by atomic mass is 79.9. The SMILES string of the molecule is N[C@H](O)CBr. The predicted molar refractivity (Wildman–Crippen MR) is 24.0 cm³/mol. The second-order valence-electron chi connectivity index (χ2n) is 0.722. The van der Waals surface area contributed by atoms with Crippen molar-refractivity contribution in [1.29, 1.82) is 0 Å². The predicted octanol–water partition coefficient (Wildman–Crippen LogP) is -0.342. The number of hydrogen-bond donors (Lipinski definition) is 2. The molecule has 0 bridgehead atoms. The summed E-state index contributed by atoms with van der Waals surface area (Å²) in [6.07, 6.45) is -0.699. The molecule has 0 aliphatic rings. The molecule has 0 saturated carbocycles. The number of halogens is 1. The molecule has 0 aliphatic carbocycles. The highest BCUT2D eigenvalue weighted by molar-refractivity contribution is 9.09. The van der Waals surface area contributed by atoms with Gasteiger partial charge in [-0.15, -0.1) is 0 Å². The number of aliphatic hydroxyl groups is 1. The van der Waals surface area contributed by atoms with Gasteiger partial charge in [0.25, 0.3) is 0 Å². The fourth-order valence-electron chi connectivity index (χ4n) is 0. The topological polar surface area (TPSA) is 46.2 Å². The Bertz CT molecular complexity index is 23.6. The maximum absolute atomic E-state index is 8.09. The highest BCUT2D eigenvalue weighted by Crippen LogP contribution is 1.77. The third-order valence-corrected chi connectivity index (χ3v) is 0.821. The first-order valence-corrected chi connectivity index (χ1v) is 2.39. The lowest BCUT2D eigenvalue weighted by Crippen LogP contribution is -2.19. The van der Waals surface area contributed by atoms with Gasteiger partial charge in [-0.1, -0.05) is 15.9 Å². The first kappa shape index (κ1) is 5.40. The summed E-state index contributed by atoms with van der Waals surface area (Å²) in [5.41, 5.74) is 4.80. The Labute approximate surface area is 39.1 Å². The number of rotatable bonds is 1. The van der Waals surface area contributed by atoms with Crippen LogP contribution in [0.4, 0.5) is 0 Å². The minimum absolute atomic E-state index is 0.451. The van der Waals surface area contributed by atoms with Crippen molar-refractivity contribution in [2.75, 3.05) is 5.33 Å². The zero-order chi connectivity index (χ0) is 4.28. The van der Waals surface area contributed by atoms with E-state index in [0.717, 1.165) is 0 Å². The van der Waals surface area contributed by atoms with Crippen LogP contribution in [0.5, 0.6) is 0 Å². The Morgan fingerprint density at radius 2 is 2.20 bits per heavy atom. The van der Waals surface area contributed by atoms with Gasteiger partial charge < -0.3 is 10.8 Å². The van der Waals surface area contributed by atoms with Crippen molar-refractivity contribution in [3.8, 4) is 0 Å². The number of aliphatic hydroxyl groups excluding tert-OH is 1. The Balaban J connectivity index is 2.54. The molecule has 1 atom stereocenters. The van der Waals surface area contributed by atoms with E-state index in [9.17, 15) is 0 Å². The summed E-state index contributed by atoms with van der Waals surface area (Å²) in [5, 5.41) is 8.54. The van der Waals surface area contributed by atoms with Gasteiger partial charge in [0, 0.05) is 5.33 Å². The van der Waals surface area contributed by atoms with Crippen LogP contribution in [0.1, 0.15) is 0 Å². The van der Waals surface area contributed by atoms with Gasteiger partial charge in [0.05, 0.1) is 0 Å². The molecule has 0 spiro atoms. The second kappa shape index (κ2) is 2.63. The first-order chi connectivity index (χ1) is 2.27. The molecule has 0 aromatic heterocycles. The van der Waals surface area contributed by atoms with Gasteiger partial charge in [-0.3, -0.25) is 0 Å². The lowest BCUT2D eigenvalue weighted by Gasteiger charge is -1.90. The first-order valence-electron chi connectivity index (χ1n) is 1.27.